The highest BCUT2D eigenvalue weighted by Gasteiger charge is 2.36. The van der Waals surface area contributed by atoms with Crippen LogP contribution in [0, 0.1) is 5.92 Å². The fourth-order valence-electron chi connectivity index (χ4n) is 3.96. The monoisotopic (exact) mass is 447 g/mol. The fourth-order valence-corrected chi connectivity index (χ4v) is 5.43. The molecule has 0 aromatic heterocycles. The van der Waals surface area contributed by atoms with Crippen molar-refractivity contribution in [1.29, 1.82) is 0 Å². The Kier molecular flexibility index (Phi) is 6.78. The highest BCUT2D eigenvalue weighted by Crippen LogP contribution is 2.31. The average molecular weight is 448 g/mol. The standard InChI is InChI=1S/C20H28F3N3O3S/c1-15-6-8-25(9-7-15)19(27)16(2)24-10-12-26(13-11-24)30(28,29)18-5-3-4-17(14-18)20(21,22)23/h3-5,14-16H,6-13H2,1-2H3. The lowest BCUT2D eigenvalue weighted by Crippen LogP contribution is -2.56. The lowest BCUT2D eigenvalue weighted by Gasteiger charge is -2.39. The molecule has 1 unspecified atom stereocenters. The number of nitrogens with zero attached hydrogens (tertiary/aromatic N) is 3. The van der Waals surface area contributed by atoms with E-state index < -0.39 is 21.8 Å². The number of alkyl halides is 3. The quantitative estimate of drug-likeness (QED) is 0.712. The zero-order valence-electron chi connectivity index (χ0n) is 17.2. The van der Waals surface area contributed by atoms with Crippen molar-refractivity contribution in [3.05, 3.63) is 29.8 Å². The van der Waals surface area contributed by atoms with Gasteiger partial charge in [-0.2, -0.15) is 17.5 Å². The molecule has 168 valence electrons. The maximum atomic E-state index is 12.9. The number of piperidine rings is 1. The summed E-state index contributed by atoms with van der Waals surface area (Å²) in [6, 6.07) is 3.46. The molecule has 1 aromatic rings. The largest absolute Gasteiger partial charge is 0.416 e. The van der Waals surface area contributed by atoms with Crippen molar-refractivity contribution in [1.82, 2.24) is 14.1 Å². The van der Waals surface area contributed by atoms with Gasteiger partial charge in [0.25, 0.3) is 0 Å². The summed E-state index contributed by atoms with van der Waals surface area (Å²) in [5.41, 5.74) is -0.989. The van der Waals surface area contributed by atoms with E-state index in [4.69, 9.17) is 0 Å². The van der Waals surface area contributed by atoms with Crippen LogP contribution in [-0.2, 0) is 21.0 Å². The van der Waals surface area contributed by atoms with Crippen molar-refractivity contribution in [2.24, 2.45) is 5.92 Å². The molecule has 0 radical (unpaired) electrons. The lowest BCUT2D eigenvalue weighted by molar-refractivity contribution is -0.138. The molecule has 1 amide bonds. The number of hydrogen-bond donors (Lipinski definition) is 0. The number of halogens is 3. The minimum Gasteiger partial charge on any atom is -0.341 e. The van der Waals surface area contributed by atoms with Crippen molar-refractivity contribution < 1.29 is 26.4 Å². The van der Waals surface area contributed by atoms with Crippen molar-refractivity contribution in [2.75, 3.05) is 39.3 Å². The van der Waals surface area contributed by atoms with Gasteiger partial charge in [0.15, 0.2) is 0 Å². The number of sulfonamides is 1. The molecule has 30 heavy (non-hydrogen) atoms. The van der Waals surface area contributed by atoms with E-state index in [9.17, 15) is 26.4 Å². The van der Waals surface area contributed by atoms with Gasteiger partial charge in [0.2, 0.25) is 15.9 Å². The van der Waals surface area contributed by atoms with Crippen LogP contribution < -0.4 is 0 Å². The molecule has 2 heterocycles. The van der Waals surface area contributed by atoms with Gasteiger partial charge in [-0.05, 0) is 43.9 Å². The molecule has 6 nitrogen and oxygen atoms in total. The number of amides is 1. The van der Waals surface area contributed by atoms with E-state index in [-0.39, 0.29) is 29.9 Å². The van der Waals surface area contributed by atoms with Crippen LogP contribution in [0.3, 0.4) is 0 Å². The first-order valence-corrected chi connectivity index (χ1v) is 11.6. The molecule has 2 aliphatic rings. The molecule has 0 aliphatic carbocycles. The predicted molar refractivity (Wildman–Crippen MR) is 106 cm³/mol. The first-order chi connectivity index (χ1) is 14.0. The highest BCUT2D eigenvalue weighted by molar-refractivity contribution is 7.89. The minimum absolute atomic E-state index is 0.0519. The molecule has 1 aromatic carbocycles. The Labute approximate surface area is 175 Å². The molecule has 3 rings (SSSR count). The van der Waals surface area contributed by atoms with Crippen molar-refractivity contribution >= 4 is 15.9 Å². The molecule has 1 atom stereocenters. The maximum absolute atomic E-state index is 12.9. The minimum atomic E-state index is -4.60. The molecular weight excluding hydrogens is 419 g/mol. The summed E-state index contributed by atoms with van der Waals surface area (Å²) in [6.45, 7) is 6.47. The summed E-state index contributed by atoms with van der Waals surface area (Å²) in [5, 5.41) is 0. The van der Waals surface area contributed by atoms with Gasteiger partial charge >= 0.3 is 6.18 Å². The molecule has 10 heteroatoms. The number of rotatable bonds is 4. The van der Waals surface area contributed by atoms with Crippen LogP contribution in [-0.4, -0.2) is 73.7 Å². The number of piperazine rings is 1. The van der Waals surface area contributed by atoms with Crippen LogP contribution in [0.5, 0.6) is 0 Å². The summed E-state index contributed by atoms with van der Waals surface area (Å²) >= 11 is 0. The summed E-state index contributed by atoms with van der Waals surface area (Å²) < 4.78 is 65.6. The molecule has 0 saturated carbocycles. The van der Waals surface area contributed by atoms with Gasteiger partial charge in [-0.3, -0.25) is 9.69 Å². The summed E-state index contributed by atoms with van der Waals surface area (Å²) in [5.74, 6) is 0.671. The molecule has 0 bridgehead atoms. The smallest absolute Gasteiger partial charge is 0.341 e. The van der Waals surface area contributed by atoms with E-state index in [1.807, 2.05) is 16.7 Å². The maximum Gasteiger partial charge on any atom is 0.416 e. The number of benzene rings is 1. The Morgan fingerprint density at radius 1 is 1.07 bits per heavy atom. The van der Waals surface area contributed by atoms with Crippen molar-refractivity contribution in [2.45, 2.75) is 43.8 Å². The van der Waals surface area contributed by atoms with Crippen LogP contribution in [0.15, 0.2) is 29.2 Å². The van der Waals surface area contributed by atoms with Gasteiger partial charge in [-0.25, -0.2) is 8.42 Å². The second-order valence-electron chi connectivity index (χ2n) is 8.15. The zero-order valence-corrected chi connectivity index (χ0v) is 18.0. The van der Waals surface area contributed by atoms with E-state index in [1.165, 1.54) is 10.4 Å². The van der Waals surface area contributed by atoms with Gasteiger partial charge in [0.05, 0.1) is 16.5 Å². The van der Waals surface area contributed by atoms with Gasteiger partial charge in [0, 0.05) is 39.3 Å². The molecule has 2 saturated heterocycles. The normalized spacial score (nSPS) is 21.6. The second kappa shape index (κ2) is 8.84. The SMILES string of the molecule is CC1CCN(C(=O)C(C)N2CCN(S(=O)(=O)c3cccc(C(F)(F)F)c3)CC2)CC1. The number of carbonyl (C=O) groups is 1. The Hall–Kier alpha value is -1.65. The van der Waals surface area contributed by atoms with Crippen LogP contribution in [0.1, 0.15) is 32.3 Å². The fraction of sp³-hybridized carbons (Fsp3) is 0.650. The molecule has 2 aliphatic heterocycles. The van der Waals surface area contributed by atoms with Crippen LogP contribution in [0.4, 0.5) is 13.2 Å². The van der Waals surface area contributed by atoms with Gasteiger partial charge in [0.1, 0.15) is 0 Å². The van der Waals surface area contributed by atoms with E-state index in [2.05, 4.69) is 6.92 Å². The Bertz CT molecular complexity index is 860. The second-order valence-corrected chi connectivity index (χ2v) is 10.1. The van der Waals surface area contributed by atoms with E-state index >= 15 is 0 Å². The Balaban J connectivity index is 1.62. The van der Waals surface area contributed by atoms with E-state index in [0.717, 1.165) is 38.1 Å². The molecule has 0 N–H and O–H groups in total. The topological polar surface area (TPSA) is 60.9 Å². The van der Waals surface area contributed by atoms with E-state index in [1.54, 1.807) is 0 Å². The number of hydrogen-bond acceptors (Lipinski definition) is 4. The third-order valence-electron chi connectivity index (χ3n) is 6.07. The summed E-state index contributed by atoms with van der Waals surface area (Å²) in [4.78, 5) is 16.2. The molecule has 0 spiro atoms. The van der Waals surface area contributed by atoms with Crippen LogP contribution in [0.25, 0.3) is 0 Å². The van der Waals surface area contributed by atoms with E-state index in [0.29, 0.717) is 25.1 Å². The Morgan fingerprint density at radius 3 is 2.23 bits per heavy atom. The van der Waals surface area contributed by atoms with Crippen LogP contribution in [0.2, 0.25) is 0 Å². The van der Waals surface area contributed by atoms with Crippen molar-refractivity contribution in [3.63, 3.8) is 0 Å². The third kappa shape index (κ3) is 4.97. The van der Waals surface area contributed by atoms with Gasteiger partial charge < -0.3 is 4.90 Å². The predicted octanol–water partition coefficient (Wildman–Crippen LogP) is 2.66. The first-order valence-electron chi connectivity index (χ1n) is 10.2. The van der Waals surface area contributed by atoms with Gasteiger partial charge in [-0.1, -0.05) is 13.0 Å². The highest BCUT2D eigenvalue weighted by atomic mass is 32.2. The summed E-state index contributed by atoms with van der Waals surface area (Å²) in [7, 11) is -4.03. The average Bonchev–Trinajstić information content (AvgIpc) is 2.73. The zero-order chi connectivity index (χ0) is 22.1. The molecule has 2 fully saturated rings. The van der Waals surface area contributed by atoms with Crippen LogP contribution >= 0.6 is 0 Å². The lowest BCUT2D eigenvalue weighted by atomic mass is 9.98. The number of likely N-dealkylation sites (tertiary alicyclic amines) is 1. The first kappa shape index (κ1) is 23.0. The molecular formula is C20H28F3N3O3S. The third-order valence-corrected chi connectivity index (χ3v) is 7.97. The van der Waals surface area contributed by atoms with Gasteiger partial charge in [-0.15, -0.1) is 0 Å². The number of carbonyl (C=O) groups excluding carboxylic acids is 1. The van der Waals surface area contributed by atoms with Crippen molar-refractivity contribution in [3.8, 4) is 0 Å². The summed E-state index contributed by atoms with van der Waals surface area (Å²) in [6.07, 6.45) is -2.63. The Morgan fingerprint density at radius 2 is 1.67 bits per heavy atom.